The molecule has 2 atom stereocenters. The molecule has 1 aliphatic rings. The SMILES string of the molecule is CCCCC(CC)CC(NN)C1(CC)CCCC1. The minimum Gasteiger partial charge on any atom is -0.271 e. The highest BCUT2D eigenvalue weighted by atomic mass is 15.2. The maximum Gasteiger partial charge on any atom is 0.0269 e. The average Bonchev–Trinajstić information content (AvgIpc) is 2.89. The highest BCUT2D eigenvalue weighted by Gasteiger charge is 2.39. The Labute approximate surface area is 114 Å². The van der Waals surface area contributed by atoms with Gasteiger partial charge in [-0.2, -0.15) is 0 Å². The van der Waals surface area contributed by atoms with Crippen LogP contribution in [0.1, 0.15) is 85.0 Å². The van der Waals surface area contributed by atoms with Gasteiger partial charge in [-0.15, -0.1) is 0 Å². The Morgan fingerprint density at radius 3 is 2.28 bits per heavy atom. The lowest BCUT2D eigenvalue weighted by atomic mass is 9.72. The first-order chi connectivity index (χ1) is 8.72. The third-order valence-electron chi connectivity index (χ3n) is 5.36. The summed E-state index contributed by atoms with van der Waals surface area (Å²) in [6, 6.07) is 0.534. The minimum absolute atomic E-state index is 0.494. The first kappa shape index (κ1) is 16.0. The van der Waals surface area contributed by atoms with E-state index in [-0.39, 0.29) is 0 Å². The van der Waals surface area contributed by atoms with Gasteiger partial charge in [0.1, 0.15) is 0 Å². The number of rotatable bonds is 9. The normalized spacial score (nSPS) is 22.0. The van der Waals surface area contributed by atoms with Crippen LogP contribution in [0.4, 0.5) is 0 Å². The van der Waals surface area contributed by atoms with E-state index in [1.54, 1.807) is 0 Å². The van der Waals surface area contributed by atoms with Crippen LogP contribution in [0.15, 0.2) is 0 Å². The van der Waals surface area contributed by atoms with Gasteiger partial charge in [-0.25, -0.2) is 0 Å². The largest absolute Gasteiger partial charge is 0.271 e. The quantitative estimate of drug-likeness (QED) is 0.473. The van der Waals surface area contributed by atoms with Crippen LogP contribution in [0.3, 0.4) is 0 Å². The molecule has 2 heteroatoms. The molecule has 0 aromatic rings. The number of nitrogens with two attached hydrogens (primary N) is 1. The van der Waals surface area contributed by atoms with E-state index in [1.165, 1.54) is 64.2 Å². The molecule has 1 rings (SSSR count). The second-order valence-corrected chi connectivity index (χ2v) is 6.29. The molecule has 1 fully saturated rings. The molecule has 0 aliphatic heterocycles. The van der Waals surface area contributed by atoms with Gasteiger partial charge in [-0.1, -0.05) is 59.3 Å². The summed E-state index contributed by atoms with van der Waals surface area (Å²) in [4.78, 5) is 0. The molecule has 0 spiro atoms. The smallest absolute Gasteiger partial charge is 0.0269 e. The van der Waals surface area contributed by atoms with Crippen molar-refractivity contribution in [3.05, 3.63) is 0 Å². The Morgan fingerprint density at radius 1 is 1.17 bits per heavy atom. The van der Waals surface area contributed by atoms with Crippen LogP contribution in [0, 0.1) is 11.3 Å². The van der Waals surface area contributed by atoms with Crippen molar-refractivity contribution in [2.75, 3.05) is 0 Å². The molecule has 0 aromatic carbocycles. The second kappa shape index (κ2) is 8.16. The van der Waals surface area contributed by atoms with Gasteiger partial charge in [-0.3, -0.25) is 11.3 Å². The third kappa shape index (κ3) is 3.96. The highest BCUT2D eigenvalue weighted by molar-refractivity contribution is 4.93. The fourth-order valence-electron chi connectivity index (χ4n) is 3.84. The van der Waals surface area contributed by atoms with E-state index in [0.717, 1.165) is 5.92 Å². The van der Waals surface area contributed by atoms with E-state index in [4.69, 9.17) is 5.84 Å². The maximum atomic E-state index is 5.90. The number of unbranched alkanes of at least 4 members (excludes halogenated alkanes) is 1. The molecule has 18 heavy (non-hydrogen) atoms. The zero-order valence-electron chi connectivity index (χ0n) is 12.8. The van der Waals surface area contributed by atoms with E-state index in [9.17, 15) is 0 Å². The van der Waals surface area contributed by atoms with Crippen LogP contribution >= 0.6 is 0 Å². The summed E-state index contributed by atoms with van der Waals surface area (Å²) in [7, 11) is 0. The van der Waals surface area contributed by atoms with Crippen LogP contribution in [-0.4, -0.2) is 6.04 Å². The van der Waals surface area contributed by atoms with E-state index in [0.29, 0.717) is 11.5 Å². The van der Waals surface area contributed by atoms with Gasteiger partial charge in [-0.05, 0) is 37.0 Å². The van der Waals surface area contributed by atoms with Crippen LogP contribution in [0.25, 0.3) is 0 Å². The van der Waals surface area contributed by atoms with Crippen molar-refractivity contribution < 1.29 is 0 Å². The van der Waals surface area contributed by atoms with Crippen molar-refractivity contribution in [3.63, 3.8) is 0 Å². The summed E-state index contributed by atoms with van der Waals surface area (Å²) in [5.41, 5.74) is 3.67. The first-order valence-electron chi connectivity index (χ1n) is 8.18. The molecule has 0 heterocycles. The van der Waals surface area contributed by atoms with Gasteiger partial charge in [0.05, 0.1) is 0 Å². The molecule has 2 unspecified atom stereocenters. The lowest BCUT2D eigenvalue weighted by Gasteiger charge is -2.38. The second-order valence-electron chi connectivity index (χ2n) is 6.29. The summed E-state index contributed by atoms with van der Waals surface area (Å²) in [5, 5.41) is 0. The molecule has 108 valence electrons. The molecule has 0 amide bonds. The molecular weight excluding hydrogens is 220 g/mol. The summed E-state index contributed by atoms with van der Waals surface area (Å²) in [6.07, 6.45) is 13.5. The Bertz CT molecular complexity index is 209. The Balaban J connectivity index is 2.58. The molecule has 2 nitrogen and oxygen atoms in total. The van der Waals surface area contributed by atoms with Crippen molar-refractivity contribution in [1.82, 2.24) is 5.43 Å². The number of hydrogen-bond acceptors (Lipinski definition) is 2. The fraction of sp³-hybridized carbons (Fsp3) is 1.00. The number of nitrogens with one attached hydrogen (secondary N) is 1. The molecule has 0 saturated heterocycles. The standard InChI is InChI=1S/C16H34N2/c1-4-7-10-14(5-2)13-15(18-17)16(6-3)11-8-9-12-16/h14-15,18H,4-13,17H2,1-3H3. The monoisotopic (exact) mass is 254 g/mol. The van der Waals surface area contributed by atoms with Crippen LogP contribution in [0.5, 0.6) is 0 Å². The molecule has 0 radical (unpaired) electrons. The summed E-state index contributed by atoms with van der Waals surface area (Å²) in [6.45, 7) is 6.97. The van der Waals surface area contributed by atoms with Crippen molar-refractivity contribution in [3.8, 4) is 0 Å². The van der Waals surface area contributed by atoms with E-state index in [2.05, 4.69) is 26.2 Å². The van der Waals surface area contributed by atoms with Crippen molar-refractivity contribution in [2.45, 2.75) is 91.0 Å². The van der Waals surface area contributed by atoms with Crippen molar-refractivity contribution >= 4 is 0 Å². The predicted octanol–water partition coefficient (Wildman–Crippen LogP) is 4.40. The zero-order chi connectivity index (χ0) is 13.4. The van der Waals surface area contributed by atoms with Crippen LogP contribution in [0.2, 0.25) is 0 Å². The van der Waals surface area contributed by atoms with Gasteiger partial charge in [0.25, 0.3) is 0 Å². The molecule has 1 aliphatic carbocycles. The minimum atomic E-state index is 0.494. The molecule has 0 aromatic heterocycles. The summed E-state index contributed by atoms with van der Waals surface area (Å²) < 4.78 is 0. The maximum absolute atomic E-state index is 5.90. The Hall–Kier alpha value is -0.0800. The summed E-state index contributed by atoms with van der Waals surface area (Å²) >= 11 is 0. The topological polar surface area (TPSA) is 38.0 Å². The van der Waals surface area contributed by atoms with Crippen LogP contribution < -0.4 is 11.3 Å². The van der Waals surface area contributed by atoms with E-state index >= 15 is 0 Å². The lowest BCUT2D eigenvalue weighted by molar-refractivity contribution is 0.154. The number of hydrazine groups is 1. The fourth-order valence-corrected chi connectivity index (χ4v) is 3.84. The molecular formula is C16H34N2. The zero-order valence-corrected chi connectivity index (χ0v) is 12.8. The van der Waals surface area contributed by atoms with Gasteiger partial charge in [0.15, 0.2) is 0 Å². The average molecular weight is 254 g/mol. The van der Waals surface area contributed by atoms with Gasteiger partial charge in [0, 0.05) is 6.04 Å². The van der Waals surface area contributed by atoms with Crippen LogP contribution in [-0.2, 0) is 0 Å². The third-order valence-corrected chi connectivity index (χ3v) is 5.36. The Morgan fingerprint density at radius 2 is 1.83 bits per heavy atom. The molecule has 3 N–H and O–H groups in total. The summed E-state index contributed by atoms with van der Waals surface area (Å²) in [5.74, 6) is 6.75. The lowest BCUT2D eigenvalue weighted by Crippen LogP contribution is -2.48. The Kier molecular flexibility index (Phi) is 7.25. The predicted molar refractivity (Wildman–Crippen MR) is 80.2 cm³/mol. The molecule has 0 bridgehead atoms. The highest BCUT2D eigenvalue weighted by Crippen LogP contribution is 2.45. The van der Waals surface area contributed by atoms with Crippen molar-refractivity contribution in [2.24, 2.45) is 17.2 Å². The van der Waals surface area contributed by atoms with E-state index < -0.39 is 0 Å². The first-order valence-corrected chi connectivity index (χ1v) is 8.18. The van der Waals surface area contributed by atoms with Gasteiger partial charge < -0.3 is 0 Å². The van der Waals surface area contributed by atoms with Gasteiger partial charge >= 0.3 is 0 Å². The van der Waals surface area contributed by atoms with Gasteiger partial charge in [0.2, 0.25) is 0 Å². The molecule has 1 saturated carbocycles. The van der Waals surface area contributed by atoms with Crippen molar-refractivity contribution in [1.29, 1.82) is 0 Å². The van der Waals surface area contributed by atoms with E-state index in [1.807, 2.05) is 0 Å². The number of hydrogen-bond donors (Lipinski definition) is 2.